The number of aromatic nitrogens is 3. The highest BCUT2D eigenvalue weighted by atomic mass is 79.9. The van der Waals surface area contributed by atoms with Crippen molar-refractivity contribution in [2.75, 3.05) is 11.1 Å². The Kier molecular flexibility index (Phi) is 6.82. The maximum Gasteiger partial charge on any atom is 0.335 e. The van der Waals surface area contributed by atoms with Crippen molar-refractivity contribution in [3.05, 3.63) is 75.5 Å². The highest BCUT2D eigenvalue weighted by molar-refractivity contribution is 9.10. The Bertz CT molecular complexity index is 1450. The number of thioether (sulfide) groups is 1. The van der Waals surface area contributed by atoms with Gasteiger partial charge in [0.1, 0.15) is 0 Å². The predicted octanol–water partition coefficient (Wildman–Crippen LogP) is 6.53. The first-order chi connectivity index (χ1) is 16.9. The Morgan fingerprint density at radius 2 is 1.89 bits per heavy atom. The van der Waals surface area contributed by atoms with Crippen molar-refractivity contribution < 1.29 is 14.7 Å². The second-order valence-electron chi connectivity index (χ2n) is 8.27. The molecule has 1 heterocycles. The zero-order valence-electron chi connectivity index (χ0n) is 18.4. The third-order valence-electron chi connectivity index (χ3n) is 6.14. The van der Waals surface area contributed by atoms with Crippen LogP contribution in [0.1, 0.15) is 41.1 Å². The smallest absolute Gasteiger partial charge is 0.335 e. The van der Waals surface area contributed by atoms with E-state index in [4.69, 9.17) is 16.7 Å². The lowest BCUT2D eigenvalue weighted by Gasteiger charge is -2.27. The minimum Gasteiger partial charge on any atom is -0.478 e. The Morgan fingerprint density at radius 3 is 2.57 bits per heavy atom. The van der Waals surface area contributed by atoms with Crippen LogP contribution in [0.5, 0.6) is 0 Å². The van der Waals surface area contributed by atoms with Crippen molar-refractivity contribution in [3.63, 3.8) is 0 Å². The summed E-state index contributed by atoms with van der Waals surface area (Å²) in [5.74, 6) is -0.707. The summed E-state index contributed by atoms with van der Waals surface area (Å²) >= 11 is 10.9. The molecule has 0 atom stereocenters. The van der Waals surface area contributed by atoms with Crippen LogP contribution in [0, 0.1) is 0 Å². The molecule has 10 heteroatoms. The van der Waals surface area contributed by atoms with Gasteiger partial charge in [-0.15, -0.1) is 10.2 Å². The monoisotopic (exact) mass is 570 g/mol. The van der Waals surface area contributed by atoms with Crippen LogP contribution in [0.3, 0.4) is 0 Å². The molecule has 0 unspecified atom stereocenters. The van der Waals surface area contributed by atoms with Crippen molar-refractivity contribution >= 4 is 67.6 Å². The van der Waals surface area contributed by atoms with Crippen LogP contribution in [0.2, 0.25) is 5.02 Å². The lowest BCUT2D eigenvalue weighted by molar-refractivity contribution is -0.113. The number of halogens is 2. The summed E-state index contributed by atoms with van der Waals surface area (Å²) < 4.78 is 2.45. The normalized spacial score (nSPS) is 13.5. The molecular formula is C25H20BrClN4O3S. The number of carbonyl (C=O) groups is 2. The molecular weight excluding hydrogens is 552 g/mol. The standard InChI is InChI=1S/C25H20BrClN4O3S/c26-24-29-30-25(35-13-22(32)28-20-10-8-15(23(33)34)12-19(20)27)31(24)21-11-9-16(14-4-3-5-14)17-6-1-2-7-18(17)21/h1-2,6-12,14H,3-5,13H2,(H,28,32)(H,33,34). The zero-order chi connectivity index (χ0) is 24.5. The van der Waals surface area contributed by atoms with E-state index in [1.54, 1.807) is 0 Å². The van der Waals surface area contributed by atoms with Crippen molar-refractivity contribution in [2.45, 2.75) is 30.3 Å². The van der Waals surface area contributed by atoms with Crippen LogP contribution in [-0.2, 0) is 4.79 Å². The van der Waals surface area contributed by atoms with Gasteiger partial charge in [-0.3, -0.25) is 9.36 Å². The molecule has 1 saturated carbocycles. The molecule has 1 aliphatic rings. The van der Waals surface area contributed by atoms with Gasteiger partial charge in [0.2, 0.25) is 10.6 Å². The van der Waals surface area contributed by atoms with Gasteiger partial charge in [-0.25, -0.2) is 4.79 Å². The van der Waals surface area contributed by atoms with E-state index in [1.165, 1.54) is 60.2 Å². The minimum atomic E-state index is -1.08. The highest BCUT2D eigenvalue weighted by Gasteiger charge is 2.23. The van der Waals surface area contributed by atoms with Gasteiger partial charge in [-0.05, 0) is 69.9 Å². The molecule has 1 aliphatic carbocycles. The number of fused-ring (bicyclic) bond motifs is 1. The number of benzene rings is 3. The largest absolute Gasteiger partial charge is 0.478 e. The third-order valence-corrected chi connectivity index (χ3v) is 7.89. The first kappa shape index (κ1) is 23.8. The zero-order valence-corrected chi connectivity index (χ0v) is 21.5. The van der Waals surface area contributed by atoms with Crippen LogP contribution < -0.4 is 5.32 Å². The van der Waals surface area contributed by atoms with Crippen molar-refractivity contribution in [2.24, 2.45) is 0 Å². The van der Waals surface area contributed by atoms with E-state index in [0.717, 1.165) is 11.1 Å². The number of nitrogens with one attached hydrogen (secondary N) is 1. The summed E-state index contributed by atoms with van der Waals surface area (Å²) in [7, 11) is 0. The quantitative estimate of drug-likeness (QED) is 0.245. The van der Waals surface area contributed by atoms with Gasteiger partial charge in [-0.1, -0.05) is 60.1 Å². The third kappa shape index (κ3) is 4.80. The molecule has 5 rings (SSSR count). The maximum absolute atomic E-state index is 12.6. The molecule has 0 radical (unpaired) electrons. The van der Waals surface area contributed by atoms with E-state index < -0.39 is 5.97 Å². The molecule has 3 aromatic carbocycles. The number of hydrogen-bond donors (Lipinski definition) is 2. The van der Waals surface area contributed by atoms with Crippen molar-refractivity contribution in [3.8, 4) is 5.69 Å². The summed E-state index contributed by atoms with van der Waals surface area (Å²) in [6, 6.07) is 16.8. The Labute approximate surface area is 219 Å². The number of carbonyl (C=O) groups excluding carboxylic acids is 1. The summed E-state index contributed by atoms with van der Waals surface area (Å²) in [5, 5.41) is 23.3. The van der Waals surface area contributed by atoms with Crippen LogP contribution in [0.15, 0.2) is 64.5 Å². The molecule has 2 N–H and O–H groups in total. The minimum absolute atomic E-state index is 0.0517. The van der Waals surface area contributed by atoms with Gasteiger partial charge in [0.05, 0.1) is 27.7 Å². The molecule has 35 heavy (non-hydrogen) atoms. The van der Waals surface area contributed by atoms with Gasteiger partial charge < -0.3 is 10.4 Å². The number of carboxylic acid groups (broad SMARTS) is 1. The molecule has 0 aliphatic heterocycles. The molecule has 1 amide bonds. The Morgan fingerprint density at radius 1 is 1.11 bits per heavy atom. The van der Waals surface area contributed by atoms with Crippen LogP contribution in [0.4, 0.5) is 5.69 Å². The number of carboxylic acids is 1. The van der Waals surface area contributed by atoms with Gasteiger partial charge >= 0.3 is 5.97 Å². The average molecular weight is 572 g/mol. The lowest BCUT2D eigenvalue weighted by Crippen LogP contribution is -2.15. The fourth-order valence-electron chi connectivity index (χ4n) is 4.19. The molecule has 4 aromatic rings. The molecule has 0 saturated heterocycles. The first-order valence-electron chi connectivity index (χ1n) is 11.0. The molecule has 1 fully saturated rings. The molecule has 178 valence electrons. The molecule has 0 spiro atoms. The fraction of sp³-hybridized carbons (Fsp3) is 0.200. The van der Waals surface area contributed by atoms with Gasteiger partial charge in [0.25, 0.3) is 0 Å². The summed E-state index contributed by atoms with van der Waals surface area (Å²) in [4.78, 5) is 23.7. The Balaban J connectivity index is 1.38. The van der Waals surface area contributed by atoms with Gasteiger partial charge in [-0.2, -0.15) is 0 Å². The van der Waals surface area contributed by atoms with Crippen molar-refractivity contribution in [1.29, 1.82) is 0 Å². The van der Waals surface area contributed by atoms with E-state index in [1.807, 2.05) is 10.6 Å². The van der Waals surface area contributed by atoms with E-state index in [-0.39, 0.29) is 22.2 Å². The number of aromatic carboxylic acids is 1. The van der Waals surface area contributed by atoms with Crippen LogP contribution in [-0.4, -0.2) is 37.5 Å². The lowest BCUT2D eigenvalue weighted by atomic mass is 9.78. The first-order valence-corrected chi connectivity index (χ1v) is 13.2. The van der Waals surface area contributed by atoms with E-state index in [2.05, 4.69) is 61.8 Å². The average Bonchev–Trinajstić information content (AvgIpc) is 3.18. The van der Waals surface area contributed by atoms with Crippen LogP contribution >= 0.6 is 39.3 Å². The number of hydrogen-bond acceptors (Lipinski definition) is 5. The number of nitrogens with zero attached hydrogens (tertiary/aromatic N) is 3. The number of amides is 1. The second kappa shape index (κ2) is 10.0. The van der Waals surface area contributed by atoms with Crippen LogP contribution in [0.25, 0.3) is 16.5 Å². The topological polar surface area (TPSA) is 97.1 Å². The SMILES string of the molecule is O=C(CSc1nnc(Br)n1-c1ccc(C2CCC2)c2ccccc12)Nc1ccc(C(=O)O)cc1Cl. The van der Waals surface area contributed by atoms with Gasteiger partial charge in [0, 0.05) is 5.39 Å². The maximum atomic E-state index is 12.6. The van der Waals surface area contributed by atoms with Crippen molar-refractivity contribution in [1.82, 2.24) is 14.8 Å². The molecule has 7 nitrogen and oxygen atoms in total. The summed E-state index contributed by atoms with van der Waals surface area (Å²) in [5.41, 5.74) is 2.72. The molecule has 1 aromatic heterocycles. The predicted molar refractivity (Wildman–Crippen MR) is 141 cm³/mol. The summed E-state index contributed by atoms with van der Waals surface area (Å²) in [6.07, 6.45) is 3.72. The van der Waals surface area contributed by atoms with E-state index >= 15 is 0 Å². The Hall–Kier alpha value is -2.88. The summed E-state index contributed by atoms with van der Waals surface area (Å²) in [6.45, 7) is 0. The molecule has 0 bridgehead atoms. The second-order valence-corrected chi connectivity index (χ2v) is 10.3. The van der Waals surface area contributed by atoms with Gasteiger partial charge in [0.15, 0.2) is 5.16 Å². The highest BCUT2D eigenvalue weighted by Crippen LogP contribution is 2.41. The number of anilines is 1. The fourth-order valence-corrected chi connectivity index (χ4v) is 5.72. The number of rotatable bonds is 7. The van der Waals surface area contributed by atoms with E-state index in [9.17, 15) is 9.59 Å². The van der Waals surface area contributed by atoms with E-state index in [0.29, 0.717) is 21.5 Å².